The number of ether oxygens (including phenoxy) is 1. The number of thiophene rings is 1. The Morgan fingerprint density at radius 3 is 3.10 bits per heavy atom. The van der Waals surface area contributed by atoms with Crippen molar-refractivity contribution in [3.8, 4) is 11.8 Å². The fourth-order valence-corrected chi connectivity index (χ4v) is 3.01. The molecule has 0 radical (unpaired) electrons. The van der Waals surface area contributed by atoms with Crippen molar-refractivity contribution >= 4 is 17.2 Å². The van der Waals surface area contributed by atoms with Crippen LogP contribution in [-0.4, -0.2) is 37.1 Å². The Labute approximate surface area is 123 Å². The fourth-order valence-electron chi connectivity index (χ4n) is 2.24. The number of nitrogens with two attached hydrogens (primary N) is 1. The van der Waals surface area contributed by atoms with Crippen LogP contribution < -0.4 is 5.73 Å². The molecule has 0 bridgehead atoms. The highest BCUT2D eigenvalue weighted by molar-refractivity contribution is 7.10. The summed E-state index contributed by atoms with van der Waals surface area (Å²) in [5, 5.41) is 2.03. The topological polar surface area (TPSA) is 55.6 Å². The van der Waals surface area contributed by atoms with Gasteiger partial charge >= 0.3 is 0 Å². The molecule has 4 nitrogen and oxygen atoms in total. The van der Waals surface area contributed by atoms with Gasteiger partial charge < -0.3 is 15.4 Å². The lowest BCUT2D eigenvalue weighted by Crippen LogP contribution is -2.38. The van der Waals surface area contributed by atoms with E-state index in [1.54, 1.807) is 16.2 Å². The van der Waals surface area contributed by atoms with Crippen LogP contribution in [0.4, 0.5) is 0 Å². The first kappa shape index (κ1) is 15.0. The van der Waals surface area contributed by atoms with Gasteiger partial charge in [-0.05, 0) is 29.3 Å². The SMILES string of the molecule is CC1CCOC1C(=O)N(C)Cc1csc(C#CCN)c1. The van der Waals surface area contributed by atoms with Crippen molar-refractivity contribution in [1.82, 2.24) is 4.90 Å². The van der Waals surface area contributed by atoms with E-state index in [1.807, 2.05) is 18.5 Å². The van der Waals surface area contributed by atoms with Crippen LogP contribution >= 0.6 is 11.3 Å². The highest BCUT2D eigenvalue weighted by atomic mass is 32.1. The van der Waals surface area contributed by atoms with Crippen molar-refractivity contribution in [2.75, 3.05) is 20.2 Å². The van der Waals surface area contributed by atoms with Gasteiger partial charge in [0.2, 0.25) is 0 Å². The Bertz CT molecular complexity index is 529. The van der Waals surface area contributed by atoms with E-state index in [-0.39, 0.29) is 12.0 Å². The smallest absolute Gasteiger partial charge is 0.252 e. The minimum atomic E-state index is -0.282. The van der Waals surface area contributed by atoms with Gasteiger partial charge in [0.25, 0.3) is 5.91 Å². The second-order valence-electron chi connectivity index (χ2n) is 5.08. The van der Waals surface area contributed by atoms with Gasteiger partial charge in [0.05, 0.1) is 11.4 Å². The third-order valence-electron chi connectivity index (χ3n) is 3.39. The predicted octanol–water partition coefficient (Wildman–Crippen LogP) is 1.44. The number of nitrogens with zero attached hydrogens (tertiary/aromatic N) is 1. The van der Waals surface area contributed by atoms with Gasteiger partial charge in [-0.25, -0.2) is 0 Å². The number of amides is 1. The van der Waals surface area contributed by atoms with Crippen molar-refractivity contribution in [2.24, 2.45) is 11.7 Å². The molecule has 1 aromatic heterocycles. The van der Waals surface area contributed by atoms with Gasteiger partial charge in [-0.3, -0.25) is 4.79 Å². The van der Waals surface area contributed by atoms with Crippen molar-refractivity contribution < 1.29 is 9.53 Å². The van der Waals surface area contributed by atoms with E-state index in [4.69, 9.17) is 10.5 Å². The van der Waals surface area contributed by atoms with E-state index in [0.717, 1.165) is 16.9 Å². The third kappa shape index (κ3) is 3.60. The van der Waals surface area contributed by atoms with Crippen molar-refractivity contribution in [2.45, 2.75) is 26.0 Å². The summed E-state index contributed by atoms with van der Waals surface area (Å²) in [6.07, 6.45) is 0.678. The second-order valence-corrected chi connectivity index (χ2v) is 5.99. The summed E-state index contributed by atoms with van der Waals surface area (Å²) >= 11 is 1.58. The number of likely N-dealkylation sites (N-methyl/N-ethyl adjacent to an activating group) is 1. The van der Waals surface area contributed by atoms with Crippen LogP contribution in [0.5, 0.6) is 0 Å². The summed E-state index contributed by atoms with van der Waals surface area (Å²) in [5.41, 5.74) is 6.45. The lowest BCUT2D eigenvalue weighted by molar-refractivity contribution is -0.141. The van der Waals surface area contributed by atoms with E-state index in [0.29, 0.717) is 25.6 Å². The predicted molar refractivity (Wildman–Crippen MR) is 80.2 cm³/mol. The van der Waals surface area contributed by atoms with Crippen LogP contribution in [0.15, 0.2) is 11.4 Å². The molecule has 1 amide bonds. The van der Waals surface area contributed by atoms with Crippen molar-refractivity contribution in [3.63, 3.8) is 0 Å². The maximum absolute atomic E-state index is 12.3. The quantitative estimate of drug-likeness (QED) is 0.858. The van der Waals surface area contributed by atoms with Gasteiger partial charge in [-0.2, -0.15) is 0 Å². The van der Waals surface area contributed by atoms with Crippen molar-refractivity contribution in [3.05, 3.63) is 21.9 Å². The molecule has 20 heavy (non-hydrogen) atoms. The molecular formula is C15H20N2O2S. The number of carbonyl (C=O) groups excluding carboxylic acids is 1. The third-order valence-corrected chi connectivity index (χ3v) is 4.29. The average Bonchev–Trinajstić information content (AvgIpc) is 3.04. The van der Waals surface area contributed by atoms with E-state index in [1.165, 1.54) is 0 Å². The molecule has 1 aromatic rings. The monoisotopic (exact) mass is 292 g/mol. The first-order valence-electron chi connectivity index (χ1n) is 6.74. The normalized spacial score (nSPS) is 21.4. The molecule has 0 aliphatic carbocycles. The van der Waals surface area contributed by atoms with Crippen LogP contribution in [0.25, 0.3) is 0 Å². The van der Waals surface area contributed by atoms with Crippen LogP contribution in [-0.2, 0) is 16.1 Å². The Balaban J connectivity index is 1.95. The van der Waals surface area contributed by atoms with Crippen molar-refractivity contribution in [1.29, 1.82) is 0 Å². The molecule has 2 N–H and O–H groups in total. The molecule has 2 atom stereocenters. The lowest BCUT2D eigenvalue weighted by Gasteiger charge is -2.22. The van der Waals surface area contributed by atoms with Gasteiger partial charge in [-0.15, -0.1) is 11.3 Å². The zero-order valence-electron chi connectivity index (χ0n) is 11.9. The van der Waals surface area contributed by atoms with Gasteiger partial charge in [0.1, 0.15) is 6.10 Å². The summed E-state index contributed by atoms with van der Waals surface area (Å²) in [5.74, 6) is 6.21. The molecule has 5 heteroatoms. The summed E-state index contributed by atoms with van der Waals surface area (Å²) in [4.78, 5) is 15.0. The summed E-state index contributed by atoms with van der Waals surface area (Å²) in [6, 6.07) is 2.01. The van der Waals surface area contributed by atoms with E-state index in [2.05, 4.69) is 18.8 Å². The molecule has 0 saturated carbocycles. The molecular weight excluding hydrogens is 272 g/mol. The maximum atomic E-state index is 12.3. The highest BCUT2D eigenvalue weighted by Gasteiger charge is 2.32. The Morgan fingerprint density at radius 1 is 1.65 bits per heavy atom. The Morgan fingerprint density at radius 2 is 2.45 bits per heavy atom. The number of hydrogen-bond donors (Lipinski definition) is 1. The van der Waals surface area contributed by atoms with Gasteiger partial charge in [0.15, 0.2) is 0 Å². The standard InChI is InChI=1S/C15H20N2O2S/c1-11-5-7-19-14(11)15(18)17(2)9-12-8-13(20-10-12)4-3-6-16/h8,10-11,14H,5-7,9,16H2,1-2H3. The second kappa shape index (κ2) is 6.89. The molecule has 108 valence electrons. The molecule has 1 aliphatic rings. The molecule has 0 spiro atoms. The van der Waals surface area contributed by atoms with E-state index < -0.39 is 0 Å². The minimum Gasteiger partial charge on any atom is -0.368 e. The van der Waals surface area contributed by atoms with E-state index in [9.17, 15) is 4.79 Å². The lowest BCUT2D eigenvalue weighted by atomic mass is 10.0. The molecule has 1 saturated heterocycles. The zero-order chi connectivity index (χ0) is 14.5. The molecule has 1 fully saturated rings. The van der Waals surface area contributed by atoms with Crippen LogP contribution in [0.3, 0.4) is 0 Å². The fraction of sp³-hybridized carbons (Fsp3) is 0.533. The largest absolute Gasteiger partial charge is 0.368 e. The zero-order valence-corrected chi connectivity index (χ0v) is 12.7. The Kier molecular flexibility index (Phi) is 5.18. The molecule has 2 rings (SSSR count). The summed E-state index contributed by atoms with van der Waals surface area (Å²) in [6.45, 7) is 3.70. The Hall–Kier alpha value is -1.35. The number of rotatable bonds is 3. The van der Waals surface area contributed by atoms with Gasteiger partial charge in [-0.1, -0.05) is 18.8 Å². The highest BCUT2D eigenvalue weighted by Crippen LogP contribution is 2.22. The molecule has 1 aliphatic heterocycles. The molecule has 2 heterocycles. The molecule has 2 unspecified atom stereocenters. The summed E-state index contributed by atoms with van der Waals surface area (Å²) < 4.78 is 5.52. The van der Waals surface area contributed by atoms with Gasteiger partial charge in [0, 0.05) is 20.2 Å². The van der Waals surface area contributed by atoms with Crippen LogP contribution in [0.2, 0.25) is 0 Å². The minimum absolute atomic E-state index is 0.0655. The molecule has 0 aromatic carbocycles. The van der Waals surface area contributed by atoms with Crippen LogP contribution in [0, 0.1) is 17.8 Å². The number of carbonyl (C=O) groups is 1. The summed E-state index contributed by atoms with van der Waals surface area (Å²) in [7, 11) is 1.82. The first-order valence-corrected chi connectivity index (χ1v) is 7.62. The first-order chi connectivity index (χ1) is 9.61. The maximum Gasteiger partial charge on any atom is 0.252 e. The van der Waals surface area contributed by atoms with E-state index >= 15 is 0 Å². The number of hydrogen-bond acceptors (Lipinski definition) is 4. The van der Waals surface area contributed by atoms with Crippen LogP contribution in [0.1, 0.15) is 23.8 Å². The average molecular weight is 292 g/mol.